The van der Waals surface area contributed by atoms with Crippen molar-refractivity contribution in [2.24, 2.45) is 5.92 Å². The van der Waals surface area contributed by atoms with E-state index in [9.17, 15) is 9.90 Å². The van der Waals surface area contributed by atoms with E-state index in [1.54, 1.807) is 13.8 Å². The molecule has 0 saturated carbocycles. The molecule has 0 radical (unpaired) electrons. The SMILES string of the molecule is CCCC(CC)C(C)(O)C(=O)OCC. The molecule has 84 valence electrons. The molecule has 0 spiro atoms. The summed E-state index contributed by atoms with van der Waals surface area (Å²) in [5.74, 6) is -0.508. The minimum atomic E-state index is -1.33. The van der Waals surface area contributed by atoms with Crippen LogP contribution in [0.25, 0.3) is 0 Å². The molecule has 14 heavy (non-hydrogen) atoms. The summed E-state index contributed by atoms with van der Waals surface area (Å²) in [5, 5.41) is 10.0. The van der Waals surface area contributed by atoms with Gasteiger partial charge in [0, 0.05) is 0 Å². The second kappa shape index (κ2) is 6.02. The topological polar surface area (TPSA) is 46.5 Å². The number of hydrogen-bond acceptors (Lipinski definition) is 3. The van der Waals surface area contributed by atoms with Crippen molar-refractivity contribution in [2.45, 2.75) is 52.6 Å². The molecule has 0 amide bonds. The van der Waals surface area contributed by atoms with Crippen molar-refractivity contribution in [3.05, 3.63) is 0 Å². The number of ether oxygens (including phenoxy) is 1. The van der Waals surface area contributed by atoms with E-state index < -0.39 is 11.6 Å². The fourth-order valence-corrected chi connectivity index (χ4v) is 1.67. The molecule has 0 fully saturated rings. The Bertz CT molecular complexity index is 175. The number of rotatable bonds is 6. The third kappa shape index (κ3) is 3.29. The zero-order chi connectivity index (χ0) is 11.2. The Morgan fingerprint density at radius 2 is 2.00 bits per heavy atom. The van der Waals surface area contributed by atoms with Gasteiger partial charge in [0.05, 0.1) is 6.61 Å². The van der Waals surface area contributed by atoms with Crippen LogP contribution in [-0.4, -0.2) is 23.3 Å². The Kier molecular flexibility index (Phi) is 5.77. The predicted octanol–water partition coefficient (Wildman–Crippen LogP) is 2.13. The molecule has 1 N–H and O–H groups in total. The monoisotopic (exact) mass is 202 g/mol. The summed E-state index contributed by atoms with van der Waals surface area (Å²) in [4.78, 5) is 11.5. The van der Waals surface area contributed by atoms with Gasteiger partial charge >= 0.3 is 5.97 Å². The Morgan fingerprint density at radius 3 is 2.36 bits per heavy atom. The first-order valence-corrected chi connectivity index (χ1v) is 5.40. The van der Waals surface area contributed by atoms with Crippen molar-refractivity contribution < 1.29 is 14.6 Å². The van der Waals surface area contributed by atoms with E-state index in [-0.39, 0.29) is 5.92 Å². The van der Waals surface area contributed by atoms with E-state index in [4.69, 9.17) is 4.74 Å². The molecule has 0 aromatic carbocycles. The highest BCUT2D eigenvalue weighted by Crippen LogP contribution is 2.26. The molecular formula is C11H22O3. The lowest BCUT2D eigenvalue weighted by molar-refractivity contribution is -0.169. The van der Waals surface area contributed by atoms with Gasteiger partial charge in [0.15, 0.2) is 5.60 Å². The number of esters is 1. The molecule has 2 unspecified atom stereocenters. The third-order valence-electron chi connectivity index (χ3n) is 2.61. The van der Waals surface area contributed by atoms with Crippen molar-refractivity contribution in [2.75, 3.05) is 6.61 Å². The Hall–Kier alpha value is -0.570. The summed E-state index contributed by atoms with van der Waals surface area (Å²) < 4.78 is 4.85. The molecule has 0 aliphatic carbocycles. The van der Waals surface area contributed by atoms with E-state index in [1.165, 1.54) is 0 Å². The maximum Gasteiger partial charge on any atom is 0.338 e. The summed E-state index contributed by atoms with van der Waals surface area (Å²) in [7, 11) is 0. The van der Waals surface area contributed by atoms with Crippen molar-refractivity contribution in [1.29, 1.82) is 0 Å². The second-order valence-electron chi connectivity index (χ2n) is 3.76. The van der Waals surface area contributed by atoms with Crippen LogP contribution in [0.2, 0.25) is 0 Å². The van der Waals surface area contributed by atoms with E-state index in [2.05, 4.69) is 0 Å². The molecule has 0 aromatic heterocycles. The number of carbonyl (C=O) groups excluding carboxylic acids is 1. The predicted molar refractivity (Wildman–Crippen MR) is 55.9 cm³/mol. The quantitative estimate of drug-likeness (QED) is 0.671. The van der Waals surface area contributed by atoms with E-state index in [0.29, 0.717) is 6.61 Å². The molecule has 0 saturated heterocycles. The third-order valence-corrected chi connectivity index (χ3v) is 2.61. The van der Waals surface area contributed by atoms with Gasteiger partial charge in [0.25, 0.3) is 0 Å². The number of aliphatic hydroxyl groups is 1. The van der Waals surface area contributed by atoms with E-state index in [0.717, 1.165) is 19.3 Å². The summed E-state index contributed by atoms with van der Waals surface area (Å²) in [6, 6.07) is 0. The van der Waals surface area contributed by atoms with Crippen LogP contribution in [0.15, 0.2) is 0 Å². The van der Waals surface area contributed by atoms with Crippen molar-refractivity contribution in [1.82, 2.24) is 0 Å². The average Bonchev–Trinajstić information content (AvgIpc) is 2.14. The van der Waals surface area contributed by atoms with Crippen LogP contribution in [-0.2, 0) is 9.53 Å². The van der Waals surface area contributed by atoms with Gasteiger partial charge in [-0.2, -0.15) is 0 Å². The van der Waals surface area contributed by atoms with Crippen LogP contribution in [0, 0.1) is 5.92 Å². The molecule has 0 aliphatic rings. The molecule has 3 heteroatoms. The maximum atomic E-state index is 11.5. The smallest absolute Gasteiger partial charge is 0.338 e. The zero-order valence-electron chi connectivity index (χ0n) is 9.67. The fourth-order valence-electron chi connectivity index (χ4n) is 1.67. The van der Waals surface area contributed by atoms with Gasteiger partial charge in [-0.1, -0.05) is 20.3 Å². The van der Waals surface area contributed by atoms with Crippen LogP contribution < -0.4 is 0 Å². The lowest BCUT2D eigenvalue weighted by atomic mass is 9.84. The first-order chi connectivity index (χ1) is 6.50. The van der Waals surface area contributed by atoms with Crippen LogP contribution in [0.3, 0.4) is 0 Å². The highest BCUT2D eigenvalue weighted by atomic mass is 16.5. The van der Waals surface area contributed by atoms with E-state index >= 15 is 0 Å². The summed E-state index contributed by atoms with van der Waals surface area (Å²) in [6.07, 6.45) is 2.61. The average molecular weight is 202 g/mol. The van der Waals surface area contributed by atoms with Gasteiger partial charge in [-0.25, -0.2) is 4.79 Å². The lowest BCUT2D eigenvalue weighted by Crippen LogP contribution is -2.44. The minimum absolute atomic E-state index is 0.00782. The Morgan fingerprint density at radius 1 is 1.43 bits per heavy atom. The van der Waals surface area contributed by atoms with Gasteiger partial charge in [0.2, 0.25) is 0 Å². The molecule has 0 bridgehead atoms. The van der Waals surface area contributed by atoms with Gasteiger partial charge < -0.3 is 9.84 Å². The highest BCUT2D eigenvalue weighted by Gasteiger charge is 2.38. The minimum Gasteiger partial charge on any atom is -0.464 e. The Balaban J connectivity index is 4.45. The Labute approximate surface area is 86.5 Å². The van der Waals surface area contributed by atoms with Crippen LogP contribution >= 0.6 is 0 Å². The largest absolute Gasteiger partial charge is 0.464 e. The fraction of sp³-hybridized carbons (Fsp3) is 0.909. The van der Waals surface area contributed by atoms with E-state index in [1.807, 2.05) is 13.8 Å². The van der Waals surface area contributed by atoms with Gasteiger partial charge in [-0.15, -0.1) is 0 Å². The standard InChI is InChI=1S/C11H22O3/c1-5-8-9(6-2)11(4,13)10(12)14-7-3/h9,13H,5-8H2,1-4H3. The molecule has 0 heterocycles. The molecule has 0 aliphatic heterocycles. The summed E-state index contributed by atoms with van der Waals surface area (Å²) in [6.45, 7) is 7.64. The number of hydrogen-bond donors (Lipinski definition) is 1. The van der Waals surface area contributed by atoms with Gasteiger partial charge in [-0.05, 0) is 32.6 Å². The van der Waals surface area contributed by atoms with Gasteiger partial charge in [-0.3, -0.25) is 0 Å². The first kappa shape index (κ1) is 13.4. The molecular weight excluding hydrogens is 180 g/mol. The van der Waals surface area contributed by atoms with Crippen LogP contribution in [0.1, 0.15) is 47.0 Å². The molecule has 0 rings (SSSR count). The maximum absolute atomic E-state index is 11.5. The van der Waals surface area contributed by atoms with Crippen molar-refractivity contribution in [3.8, 4) is 0 Å². The lowest BCUT2D eigenvalue weighted by Gasteiger charge is -2.29. The van der Waals surface area contributed by atoms with Gasteiger partial charge in [0.1, 0.15) is 0 Å². The summed E-state index contributed by atoms with van der Waals surface area (Å²) >= 11 is 0. The van der Waals surface area contributed by atoms with Crippen molar-refractivity contribution >= 4 is 5.97 Å². The number of carbonyl (C=O) groups is 1. The normalized spacial score (nSPS) is 17.2. The highest BCUT2D eigenvalue weighted by molar-refractivity contribution is 5.79. The second-order valence-corrected chi connectivity index (χ2v) is 3.76. The molecule has 3 nitrogen and oxygen atoms in total. The molecule has 2 atom stereocenters. The summed E-state index contributed by atoms with van der Waals surface area (Å²) in [5.41, 5.74) is -1.33. The van der Waals surface area contributed by atoms with Crippen LogP contribution in [0.4, 0.5) is 0 Å². The van der Waals surface area contributed by atoms with Crippen molar-refractivity contribution in [3.63, 3.8) is 0 Å². The zero-order valence-corrected chi connectivity index (χ0v) is 9.67. The molecule has 0 aromatic rings. The first-order valence-electron chi connectivity index (χ1n) is 5.40. The van der Waals surface area contributed by atoms with Crippen LogP contribution in [0.5, 0.6) is 0 Å².